The Morgan fingerprint density at radius 2 is 2.16 bits per heavy atom. The van der Waals surface area contributed by atoms with E-state index in [0.29, 0.717) is 0 Å². The van der Waals surface area contributed by atoms with Crippen molar-refractivity contribution in [2.75, 3.05) is 19.6 Å². The average Bonchev–Trinajstić information content (AvgIpc) is 2.94. The van der Waals surface area contributed by atoms with E-state index in [9.17, 15) is 0 Å². The molecule has 3 heteroatoms. The zero-order chi connectivity index (χ0) is 12.7. The van der Waals surface area contributed by atoms with E-state index in [2.05, 4.69) is 22.2 Å². The molecular formula is C16H20N2O. The molecule has 3 aliphatic rings. The van der Waals surface area contributed by atoms with Crippen molar-refractivity contribution < 1.29 is 4.52 Å². The maximum absolute atomic E-state index is 5.15. The largest absolute Gasteiger partial charge is 0.356 e. The molecule has 3 nitrogen and oxygen atoms in total. The van der Waals surface area contributed by atoms with Crippen LogP contribution in [0.15, 0.2) is 28.9 Å². The van der Waals surface area contributed by atoms with Crippen LogP contribution < -0.4 is 0 Å². The molecule has 2 aromatic rings. The lowest BCUT2D eigenvalue weighted by molar-refractivity contribution is 0.0469. The molecule has 5 rings (SSSR count). The Labute approximate surface area is 113 Å². The molecule has 4 heterocycles. The maximum atomic E-state index is 5.15. The van der Waals surface area contributed by atoms with E-state index in [4.69, 9.17) is 4.52 Å². The van der Waals surface area contributed by atoms with Crippen molar-refractivity contribution in [3.63, 3.8) is 0 Å². The fourth-order valence-corrected chi connectivity index (χ4v) is 3.84. The van der Waals surface area contributed by atoms with Gasteiger partial charge in [-0.1, -0.05) is 11.2 Å². The highest BCUT2D eigenvalue weighted by Gasteiger charge is 2.33. The lowest BCUT2D eigenvalue weighted by Crippen LogP contribution is -2.47. The molecular weight excluding hydrogens is 236 g/mol. The first-order valence-electron chi connectivity index (χ1n) is 7.44. The molecule has 0 amide bonds. The average molecular weight is 256 g/mol. The number of aryl methyl sites for hydroxylation is 1. The molecule has 3 aliphatic heterocycles. The number of rotatable bonds is 3. The van der Waals surface area contributed by atoms with Gasteiger partial charge in [0.15, 0.2) is 5.58 Å². The van der Waals surface area contributed by atoms with Gasteiger partial charge >= 0.3 is 0 Å². The number of fused-ring (bicyclic) bond motifs is 4. The first-order valence-corrected chi connectivity index (χ1v) is 7.44. The molecule has 0 N–H and O–H groups in total. The van der Waals surface area contributed by atoms with Gasteiger partial charge in [0, 0.05) is 11.9 Å². The SMILES string of the molecule is c1cc2oncc2cc1CCC1CN2CCC1CC2. The summed E-state index contributed by atoms with van der Waals surface area (Å²) < 4.78 is 5.15. The van der Waals surface area contributed by atoms with Gasteiger partial charge in [-0.15, -0.1) is 0 Å². The molecule has 3 saturated heterocycles. The zero-order valence-electron chi connectivity index (χ0n) is 11.2. The monoisotopic (exact) mass is 256 g/mol. The van der Waals surface area contributed by atoms with Crippen molar-refractivity contribution in [3.8, 4) is 0 Å². The van der Waals surface area contributed by atoms with Crippen LogP contribution in [0.4, 0.5) is 0 Å². The summed E-state index contributed by atoms with van der Waals surface area (Å²) in [6.07, 6.45) is 7.19. The number of aromatic nitrogens is 1. The third kappa shape index (κ3) is 2.16. The number of nitrogens with zero attached hydrogens (tertiary/aromatic N) is 2. The second kappa shape index (κ2) is 4.64. The van der Waals surface area contributed by atoms with E-state index in [1.165, 1.54) is 50.9 Å². The number of piperidine rings is 3. The first kappa shape index (κ1) is 11.5. The summed E-state index contributed by atoms with van der Waals surface area (Å²) in [7, 11) is 0. The minimum absolute atomic E-state index is 0.895. The van der Waals surface area contributed by atoms with Gasteiger partial charge in [0.1, 0.15) is 0 Å². The summed E-state index contributed by atoms with van der Waals surface area (Å²) in [5.41, 5.74) is 2.32. The van der Waals surface area contributed by atoms with Crippen LogP contribution in [-0.2, 0) is 6.42 Å². The van der Waals surface area contributed by atoms with Crippen LogP contribution >= 0.6 is 0 Å². The second-order valence-corrected chi connectivity index (χ2v) is 6.13. The fourth-order valence-electron chi connectivity index (χ4n) is 3.84. The quantitative estimate of drug-likeness (QED) is 0.845. The predicted octanol–water partition coefficient (Wildman–Crippen LogP) is 3.10. The summed E-state index contributed by atoms with van der Waals surface area (Å²) >= 11 is 0. The molecule has 2 bridgehead atoms. The van der Waals surface area contributed by atoms with Crippen molar-refractivity contribution in [1.82, 2.24) is 10.1 Å². The van der Waals surface area contributed by atoms with E-state index >= 15 is 0 Å². The van der Waals surface area contributed by atoms with Gasteiger partial charge in [-0.3, -0.25) is 0 Å². The highest BCUT2D eigenvalue weighted by atomic mass is 16.5. The highest BCUT2D eigenvalue weighted by Crippen LogP contribution is 2.35. The van der Waals surface area contributed by atoms with Gasteiger partial charge in [0.25, 0.3) is 0 Å². The Morgan fingerprint density at radius 1 is 1.26 bits per heavy atom. The highest BCUT2D eigenvalue weighted by molar-refractivity contribution is 5.76. The van der Waals surface area contributed by atoms with E-state index in [0.717, 1.165) is 22.8 Å². The Bertz CT molecular complexity index is 569. The smallest absolute Gasteiger partial charge is 0.166 e. The summed E-state index contributed by atoms with van der Waals surface area (Å²) in [6.45, 7) is 4.02. The van der Waals surface area contributed by atoms with Crippen LogP contribution in [-0.4, -0.2) is 29.7 Å². The standard InChI is InChI=1S/C16H20N2O/c1(3-14-11-18-7-5-13(14)6-8-18)12-2-4-16-15(9-12)10-17-19-16/h2,4,9-10,13-14H,1,3,5-8,11H2. The van der Waals surface area contributed by atoms with Crippen molar-refractivity contribution in [1.29, 1.82) is 0 Å². The Morgan fingerprint density at radius 3 is 2.95 bits per heavy atom. The third-order valence-corrected chi connectivity index (χ3v) is 5.01. The van der Waals surface area contributed by atoms with E-state index in [1.807, 2.05) is 12.3 Å². The summed E-state index contributed by atoms with van der Waals surface area (Å²) in [5, 5.41) is 4.97. The molecule has 100 valence electrons. The van der Waals surface area contributed by atoms with Crippen molar-refractivity contribution in [2.24, 2.45) is 11.8 Å². The first-order chi connectivity index (χ1) is 9.38. The number of hydrogen-bond donors (Lipinski definition) is 0. The van der Waals surface area contributed by atoms with E-state index < -0.39 is 0 Å². The predicted molar refractivity (Wildman–Crippen MR) is 75.0 cm³/mol. The van der Waals surface area contributed by atoms with Gasteiger partial charge < -0.3 is 9.42 Å². The Balaban J connectivity index is 1.44. The minimum atomic E-state index is 0.895. The molecule has 0 radical (unpaired) electrons. The molecule has 1 unspecified atom stereocenters. The van der Waals surface area contributed by atoms with E-state index in [1.54, 1.807) is 0 Å². The molecule has 19 heavy (non-hydrogen) atoms. The molecule has 1 aromatic carbocycles. The van der Waals surface area contributed by atoms with Crippen LogP contribution in [0.25, 0.3) is 11.0 Å². The number of benzene rings is 1. The minimum Gasteiger partial charge on any atom is -0.356 e. The fraction of sp³-hybridized carbons (Fsp3) is 0.562. The van der Waals surface area contributed by atoms with Crippen molar-refractivity contribution in [3.05, 3.63) is 30.0 Å². The summed E-state index contributed by atoms with van der Waals surface area (Å²) in [5.74, 6) is 1.91. The molecule has 3 fully saturated rings. The van der Waals surface area contributed by atoms with Gasteiger partial charge in [0.05, 0.1) is 6.20 Å². The number of hydrogen-bond acceptors (Lipinski definition) is 3. The van der Waals surface area contributed by atoms with Crippen molar-refractivity contribution >= 4 is 11.0 Å². The van der Waals surface area contributed by atoms with Crippen LogP contribution in [0.2, 0.25) is 0 Å². The lowest BCUT2D eigenvalue weighted by atomic mass is 9.76. The summed E-state index contributed by atoms with van der Waals surface area (Å²) in [4.78, 5) is 2.65. The van der Waals surface area contributed by atoms with Crippen LogP contribution in [0.1, 0.15) is 24.8 Å². The zero-order valence-corrected chi connectivity index (χ0v) is 11.2. The molecule has 0 saturated carbocycles. The Kier molecular flexibility index (Phi) is 2.80. The van der Waals surface area contributed by atoms with Gasteiger partial charge in [-0.05, 0) is 68.3 Å². The normalized spacial score (nSPS) is 30.0. The van der Waals surface area contributed by atoms with Gasteiger partial charge in [-0.2, -0.15) is 0 Å². The maximum Gasteiger partial charge on any atom is 0.166 e. The molecule has 0 aliphatic carbocycles. The Hall–Kier alpha value is -1.35. The molecule has 1 atom stereocenters. The van der Waals surface area contributed by atoms with Crippen LogP contribution in [0.5, 0.6) is 0 Å². The topological polar surface area (TPSA) is 29.3 Å². The molecule has 0 spiro atoms. The molecule has 1 aromatic heterocycles. The van der Waals surface area contributed by atoms with Crippen LogP contribution in [0, 0.1) is 11.8 Å². The summed E-state index contributed by atoms with van der Waals surface area (Å²) in [6, 6.07) is 6.47. The van der Waals surface area contributed by atoms with Gasteiger partial charge in [-0.25, -0.2) is 0 Å². The van der Waals surface area contributed by atoms with E-state index in [-0.39, 0.29) is 0 Å². The van der Waals surface area contributed by atoms with Crippen molar-refractivity contribution in [2.45, 2.75) is 25.7 Å². The van der Waals surface area contributed by atoms with Gasteiger partial charge in [0.2, 0.25) is 0 Å². The second-order valence-electron chi connectivity index (χ2n) is 6.13. The van der Waals surface area contributed by atoms with Crippen LogP contribution in [0.3, 0.4) is 0 Å². The third-order valence-electron chi connectivity index (χ3n) is 5.01. The lowest BCUT2D eigenvalue weighted by Gasteiger charge is -2.45.